The number of piperidine rings is 1. The Balaban J connectivity index is 1.69. The quantitative estimate of drug-likeness (QED) is 0.894. The van der Waals surface area contributed by atoms with E-state index in [0.29, 0.717) is 5.92 Å². The molecule has 1 saturated heterocycles. The summed E-state index contributed by atoms with van der Waals surface area (Å²) in [4.78, 5) is 0. The second kappa shape index (κ2) is 5.31. The van der Waals surface area contributed by atoms with Crippen molar-refractivity contribution in [2.75, 3.05) is 13.1 Å². The predicted octanol–water partition coefficient (Wildman–Crippen LogP) is 1.94. The highest BCUT2D eigenvalue weighted by Gasteiger charge is 2.14. The van der Waals surface area contributed by atoms with E-state index < -0.39 is 0 Å². The lowest BCUT2D eigenvalue weighted by Crippen LogP contribution is -2.32. The van der Waals surface area contributed by atoms with Gasteiger partial charge >= 0.3 is 0 Å². The molecule has 2 aromatic rings. The van der Waals surface area contributed by atoms with Crippen molar-refractivity contribution in [1.29, 1.82) is 0 Å². The molecular weight excluding hydrogens is 224 g/mol. The summed E-state index contributed by atoms with van der Waals surface area (Å²) in [6, 6.07) is 10.2. The van der Waals surface area contributed by atoms with Crippen LogP contribution in [0.25, 0.3) is 11.3 Å². The zero-order chi connectivity index (χ0) is 12.2. The lowest BCUT2D eigenvalue weighted by Gasteiger charge is -2.22. The number of nitrogens with one attached hydrogen (secondary N) is 1. The van der Waals surface area contributed by atoms with Crippen LogP contribution in [-0.2, 0) is 6.54 Å². The van der Waals surface area contributed by atoms with Crippen molar-refractivity contribution in [3.63, 3.8) is 0 Å². The fourth-order valence-corrected chi connectivity index (χ4v) is 2.47. The van der Waals surface area contributed by atoms with Crippen molar-refractivity contribution in [2.24, 2.45) is 5.92 Å². The Morgan fingerprint density at radius 2 is 2.17 bits per heavy atom. The first-order valence-electron chi connectivity index (χ1n) is 6.58. The maximum absolute atomic E-state index is 4.24. The summed E-state index contributed by atoms with van der Waals surface area (Å²) in [6.07, 6.45) is 4.60. The van der Waals surface area contributed by atoms with E-state index in [1.807, 2.05) is 29.1 Å². The third kappa shape index (κ3) is 2.59. The fourth-order valence-electron chi connectivity index (χ4n) is 2.47. The van der Waals surface area contributed by atoms with Gasteiger partial charge in [-0.25, -0.2) is 0 Å². The molecule has 1 aromatic carbocycles. The van der Waals surface area contributed by atoms with Crippen LogP contribution in [0.2, 0.25) is 0 Å². The summed E-state index contributed by atoms with van der Waals surface area (Å²) < 4.78 is 1.97. The van der Waals surface area contributed by atoms with E-state index >= 15 is 0 Å². The van der Waals surface area contributed by atoms with Gasteiger partial charge in [0.2, 0.25) is 0 Å². The summed E-state index contributed by atoms with van der Waals surface area (Å²) in [5.41, 5.74) is 2.09. The number of hydrogen-bond acceptors (Lipinski definition) is 3. The largest absolute Gasteiger partial charge is 0.316 e. The first-order valence-corrected chi connectivity index (χ1v) is 6.58. The van der Waals surface area contributed by atoms with E-state index in [9.17, 15) is 0 Å². The van der Waals surface area contributed by atoms with Gasteiger partial charge in [0.1, 0.15) is 5.69 Å². The Morgan fingerprint density at radius 1 is 1.28 bits per heavy atom. The van der Waals surface area contributed by atoms with Crippen LogP contribution < -0.4 is 5.32 Å². The van der Waals surface area contributed by atoms with Gasteiger partial charge in [-0.2, -0.15) is 0 Å². The Bertz CT molecular complexity index is 486. The minimum Gasteiger partial charge on any atom is -0.316 e. The molecule has 18 heavy (non-hydrogen) atoms. The molecule has 0 amide bonds. The van der Waals surface area contributed by atoms with Crippen LogP contribution in [0.15, 0.2) is 36.5 Å². The molecule has 0 saturated carbocycles. The first-order chi connectivity index (χ1) is 8.92. The third-order valence-electron chi connectivity index (χ3n) is 3.45. The highest BCUT2D eigenvalue weighted by Crippen LogP contribution is 2.17. The van der Waals surface area contributed by atoms with Crippen molar-refractivity contribution >= 4 is 0 Å². The van der Waals surface area contributed by atoms with Crippen LogP contribution in [0.1, 0.15) is 12.8 Å². The predicted molar refractivity (Wildman–Crippen MR) is 71.1 cm³/mol. The lowest BCUT2D eigenvalue weighted by atomic mass is 10.00. The van der Waals surface area contributed by atoms with Crippen LogP contribution in [0, 0.1) is 5.92 Å². The maximum atomic E-state index is 4.24. The van der Waals surface area contributed by atoms with Crippen molar-refractivity contribution in [3.8, 4) is 11.3 Å². The van der Waals surface area contributed by atoms with Gasteiger partial charge in [-0.15, -0.1) is 5.10 Å². The van der Waals surface area contributed by atoms with Crippen molar-refractivity contribution in [3.05, 3.63) is 36.5 Å². The van der Waals surface area contributed by atoms with Crippen LogP contribution >= 0.6 is 0 Å². The van der Waals surface area contributed by atoms with Crippen LogP contribution in [0.5, 0.6) is 0 Å². The topological polar surface area (TPSA) is 42.7 Å². The Morgan fingerprint density at radius 3 is 2.94 bits per heavy atom. The smallest absolute Gasteiger partial charge is 0.113 e. The average molecular weight is 242 g/mol. The Hall–Kier alpha value is -1.68. The maximum Gasteiger partial charge on any atom is 0.113 e. The van der Waals surface area contributed by atoms with E-state index in [0.717, 1.165) is 30.9 Å². The van der Waals surface area contributed by atoms with Crippen molar-refractivity contribution in [1.82, 2.24) is 20.3 Å². The van der Waals surface area contributed by atoms with Gasteiger partial charge in [0, 0.05) is 12.1 Å². The number of nitrogens with zero attached hydrogens (tertiary/aromatic N) is 3. The van der Waals surface area contributed by atoms with Crippen molar-refractivity contribution < 1.29 is 0 Å². The van der Waals surface area contributed by atoms with Crippen molar-refractivity contribution in [2.45, 2.75) is 19.4 Å². The molecule has 0 bridgehead atoms. The van der Waals surface area contributed by atoms with Gasteiger partial charge < -0.3 is 5.32 Å². The summed E-state index contributed by atoms with van der Waals surface area (Å²) >= 11 is 0. The molecule has 1 aliphatic rings. The summed E-state index contributed by atoms with van der Waals surface area (Å²) in [7, 11) is 0. The molecule has 1 aromatic heterocycles. The summed E-state index contributed by atoms with van der Waals surface area (Å²) in [5, 5.41) is 11.9. The number of aromatic nitrogens is 3. The second-order valence-electron chi connectivity index (χ2n) is 4.90. The third-order valence-corrected chi connectivity index (χ3v) is 3.45. The Labute approximate surface area is 107 Å². The molecule has 1 unspecified atom stereocenters. The highest BCUT2D eigenvalue weighted by atomic mass is 15.4. The molecule has 2 heterocycles. The van der Waals surface area contributed by atoms with Crippen LogP contribution in [0.4, 0.5) is 0 Å². The standard InChI is InChI=1S/C14H18N4/c1-2-6-13(7-3-1)14-11-18(17-16-14)10-12-5-4-8-15-9-12/h1-3,6-7,11-12,15H,4-5,8-10H2. The molecule has 0 aliphatic carbocycles. The zero-order valence-corrected chi connectivity index (χ0v) is 10.4. The second-order valence-corrected chi connectivity index (χ2v) is 4.90. The molecule has 1 atom stereocenters. The highest BCUT2D eigenvalue weighted by molar-refractivity contribution is 5.57. The fraction of sp³-hybridized carbons (Fsp3) is 0.429. The molecule has 0 radical (unpaired) electrons. The van der Waals surface area contributed by atoms with Gasteiger partial charge in [-0.05, 0) is 31.8 Å². The SMILES string of the molecule is c1ccc(-c2cn(CC3CCCNC3)nn2)cc1. The molecule has 3 rings (SSSR count). The minimum atomic E-state index is 0.684. The number of benzene rings is 1. The first kappa shape index (κ1) is 11.4. The van der Waals surface area contributed by atoms with Gasteiger partial charge in [0.15, 0.2) is 0 Å². The minimum absolute atomic E-state index is 0.684. The summed E-state index contributed by atoms with van der Waals surface area (Å²) in [6.45, 7) is 3.22. The van der Waals surface area contributed by atoms with Crippen LogP contribution in [0.3, 0.4) is 0 Å². The zero-order valence-electron chi connectivity index (χ0n) is 10.4. The van der Waals surface area contributed by atoms with Crippen LogP contribution in [-0.4, -0.2) is 28.1 Å². The molecule has 4 nitrogen and oxygen atoms in total. The Kier molecular flexibility index (Phi) is 3.37. The average Bonchev–Trinajstić information content (AvgIpc) is 2.89. The monoisotopic (exact) mass is 242 g/mol. The van der Waals surface area contributed by atoms with E-state index in [1.165, 1.54) is 12.8 Å². The molecular formula is C14H18N4. The molecule has 94 valence electrons. The molecule has 1 N–H and O–H groups in total. The van der Waals surface area contributed by atoms with E-state index in [4.69, 9.17) is 0 Å². The van der Waals surface area contributed by atoms with E-state index in [2.05, 4.69) is 27.8 Å². The lowest BCUT2D eigenvalue weighted by molar-refractivity contribution is 0.322. The van der Waals surface area contributed by atoms with Gasteiger partial charge in [0.05, 0.1) is 6.20 Å². The normalized spacial score (nSPS) is 19.9. The molecule has 0 spiro atoms. The van der Waals surface area contributed by atoms with E-state index in [1.54, 1.807) is 0 Å². The van der Waals surface area contributed by atoms with Gasteiger partial charge in [-0.1, -0.05) is 35.5 Å². The number of rotatable bonds is 3. The summed E-state index contributed by atoms with van der Waals surface area (Å²) in [5.74, 6) is 0.684. The van der Waals surface area contributed by atoms with E-state index in [-0.39, 0.29) is 0 Å². The molecule has 1 fully saturated rings. The molecule has 4 heteroatoms. The van der Waals surface area contributed by atoms with Gasteiger partial charge in [0.25, 0.3) is 0 Å². The number of hydrogen-bond donors (Lipinski definition) is 1. The molecule has 1 aliphatic heterocycles. The van der Waals surface area contributed by atoms with Gasteiger partial charge in [-0.3, -0.25) is 4.68 Å².